The number of hydrogen-bond acceptors (Lipinski definition) is 6. The molecule has 0 bridgehead atoms. The van der Waals surface area contributed by atoms with Crippen LogP contribution in [0.1, 0.15) is 20.8 Å². The van der Waals surface area contributed by atoms with E-state index in [-0.39, 0.29) is 5.57 Å². The van der Waals surface area contributed by atoms with Crippen LogP contribution < -0.4 is 5.73 Å². The van der Waals surface area contributed by atoms with Crippen LogP contribution in [0.25, 0.3) is 0 Å². The molecule has 1 fully saturated rings. The van der Waals surface area contributed by atoms with Crippen molar-refractivity contribution in [2.24, 2.45) is 5.73 Å². The molecule has 1 amide bonds. The maximum absolute atomic E-state index is 11.8. The molecule has 0 saturated carbocycles. The van der Waals surface area contributed by atoms with E-state index in [4.69, 9.17) is 22.1 Å². The lowest BCUT2D eigenvalue weighted by Crippen LogP contribution is -2.31. The van der Waals surface area contributed by atoms with Crippen molar-refractivity contribution in [3.8, 4) is 0 Å². The Morgan fingerprint density at radius 3 is 2.11 bits per heavy atom. The summed E-state index contributed by atoms with van der Waals surface area (Å²) < 4.78 is 4.94. The molecule has 1 heterocycles. The van der Waals surface area contributed by atoms with Crippen LogP contribution in [-0.2, 0) is 19.1 Å². The number of esters is 1. The standard InChI is InChI=1S/C10H12ClNO4S2/c1-10(2,3)16-7(15)4(6(12)14)8-17-9(18-8)5(11)13/h9H,1-3H3,(H2,12,14). The highest BCUT2D eigenvalue weighted by Gasteiger charge is 2.38. The van der Waals surface area contributed by atoms with Crippen molar-refractivity contribution in [1.82, 2.24) is 0 Å². The third-order valence-corrected chi connectivity index (χ3v) is 4.99. The molecule has 18 heavy (non-hydrogen) atoms. The molecule has 1 saturated heterocycles. The summed E-state index contributed by atoms with van der Waals surface area (Å²) in [4.78, 5) is 33.9. The largest absolute Gasteiger partial charge is 0.456 e. The van der Waals surface area contributed by atoms with E-state index in [1.165, 1.54) is 0 Å². The van der Waals surface area contributed by atoms with Crippen LogP contribution in [0.15, 0.2) is 9.81 Å². The normalized spacial score (nSPS) is 18.9. The Morgan fingerprint density at radius 2 is 1.78 bits per heavy atom. The predicted molar refractivity (Wildman–Crippen MR) is 71.9 cm³/mol. The summed E-state index contributed by atoms with van der Waals surface area (Å²) in [5.41, 5.74) is 4.20. The molecule has 1 aliphatic heterocycles. The Balaban J connectivity index is 2.86. The molecular formula is C10H12ClNO4S2. The topological polar surface area (TPSA) is 86.5 Å². The number of carbonyl (C=O) groups is 3. The third-order valence-electron chi connectivity index (χ3n) is 1.67. The zero-order valence-electron chi connectivity index (χ0n) is 9.98. The van der Waals surface area contributed by atoms with E-state index in [0.717, 1.165) is 23.5 Å². The molecule has 8 heteroatoms. The molecule has 0 aromatic rings. The van der Waals surface area contributed by atoms with E-state index in [2.05, 4.69) is 0 Å². The maximum Gasteiger partial charge on any atom is 0.345 e. The van der Waals surface area contributed by atoms with Gasteiger partial charge in [-0.05, 0) is 32.4 Å². The number of carbonyl (C=O) groups excluding carboxylic acids is 3. The Hall–Kier alpha value is -0.660. The van der Waals surface area contributed by atoms with Gasteiger partial charge in [0.2, 0.25) is 5.24 Å². The number of ether oxygens (including phenoxy) is 1. The van der Waals surface area contributed by atoms with Crippen molar-refractivity contribution in [3.63, 3.8) is 0 Å². The van der Waals surface area contributed by atoms with Gasteiger partial charge < -0.3 is 10.5 Å². The van der Waals surface area contributed by atoms with E-state index in [1.54, 1.807) is 20.8 Å². The molecule has 0 atom stereocenters. The number of primary amides is 1. The van der Waals surface area contributed by atoms with Crippen molar-refractivity contribution >= 4 is 52.2 Å². The maximum atomic E-state index is 11.8. The first-order chi connectivity index (χ1) is 8.11. The first-order valence-corrected chi connectivity index (χ1v) is 7.05. The second-order valence-electron chi connectivity index (χ2n) is 4.40. The third kappa shape index (κ3) is 3.93. The van der Waals surface area contributed by atoms with E-state index < -0.39 is 27.3 Å². The first-order valence-electron chi connectivity index (χ1n) is 4.92. The molecule has 2 N–H and O–H groups in total. The molecule has 0 spiro atoms. The molecule has 0 aromatic heterocycles. The summed E-state index contributed by atoms with van der Waals surface area (Å²) in [7, 11) is 0. The summed E-state index contributed by atoms with van der Waals surface area (Å²) >= 11 is 7.34. The van der Waals surface area contributed by atoms with Gasteiger partial charge in [0, 0.05) is 0 Å². The molecule has 5 nitrogen and oxygen atoms in total. The second kappa shape index (κ2) is 5.54. The summed E-state index contributed by atoms with van der Waals surface area (Å²) in [6, 6.07) is 0. The number of amides is 1. The van der Waals surface area contributed by atoms with Gasteiger partial charge >= 0.3 is 5.97 Å². The minimum absolute atomic E-state index is 0.228. The highest BCUT2D eigenvalue weighted by atomic mass is 35.5. The van der Waals surface area contributed by atoms with Crippen LogP contribution in [0.4, 0.5) is 0 Å². The van der Waals surface area contributed by atoms with Crippen molar-refractivity contribution in [2.45, 2.75) is 31.0 Å². The minimum Gasteiger partial charge on any atom is -0.456 e. The zero-order valence-corrected chi connectivity index (χ0v) is 12.4. The van der Waals surface area contributed by atoms with Crippen molar-refractivity contribution in [2.75, 3.05) is 0 Å². The molecule has 0 radical (unpaired) electrons. The summed E-state index contributed by atoms with van der Waals surface area (Å²) in [5, 5.41) is -0.540. The molecule has 0 unspecified atom stereocenters. The highest BCUT2D eigenvalue weighted by molar-refractivity contribution is 8.39. The lowest BCUT2D eigenvalue weighted by atomic mass is 10.2. The molecule has 0 aliphatic carbocycles. The molecular weight excluding hydrogens is 298 g/mol. The van der Waals surface area contributed by atoms with Crippen molar-refractivity contribution in [1.29, 1.82) is 0 Å². The van der Waals surface area contributed by atoms with Crippen LogP contribution in [0, 0.1) is 0 Å². The quantitative estimate of drug-likeness (QED) is 0.280. The van der Waals surface area contributed by atoms with Crippen LogP contribution >= 0.6 is 35.1 Å². The number of thioether (sulfide) groups is 2. The van der Waals surface area contributed by atoms with E-state index in [9.17, 15) is 14.4 Å². The van der Waals surface area contributed by atoms with Gasteiger partial charge in [-0.1, -0.05) is 23.5 Å². The Kier molecular flexibility index (Phi) is 4.74. The van der Waals surface area contributed by atoms with Gasteiger partial charge in [0.1, 0.15) is 15.8 Å². The Morgan fingerprint density at radius 1 is 1.28 bits per heavy atom. The lowest BCUT2D eigenvalue weighted by Gasteiger charge is -2.27. The van der Waals surface area contributed by atoms with E-state index >= 15 is 0 Å². The number of halogens is 1. The van der Waals surface area contributed by atoms with Gasteiger partial charge in [-0.3, -0.25) is 9.59 Å². The Labute approximate surface area is 118 Å². The average molecular weight is 310 g/mol. The van der Waals surface area contributed by atoms with Gasteiger partial charge in [-0.15, -0.1) is 0 Å². The van der Waals surface area contributed by atoms with Crippen molar-refractivity contribution < 1.29 is 19.1 Å². The minimum atomic E-state index is -0.875. The average Bonchev–Trinajstić information content (AvgIpc) is 2.04. The summed E-state index contributed by atoms with van der Waals surface area (Å²) in [6.07, 6.45) is 0. The zero-order chi connectivity index (χ0) is 14.1. The fourth-order valence-electron chi connectivity index (χ4n) is 1.03. The van der Waals surface area contributed by atoms with Gasteiger partial charge in [-0.2, -0.15) is 0 Å². The molecule has 1 aliphatic rings. The smallest absolute Gasteiger partial charge is 0.345 e. The number of nitrogens with two attached hydrogens (primary N) is 1. The van der Waals surface area contributed by atoms with Gasteiger partial charge in [-0.25, -0.2) is 4.79 Å². The van der Waals surface area contributed by atoms with Gasteiger partial charge in [0.15, 0.2) is 0 Å². The number of hydrogen-bond donors (Lipinski definition) is 1. The van der Waals surface area contributed by atoms with Crippen LogP contribution in [-0.4, -0.2) is 27.3 Å². The monoisotopic (exact) mass is 309 g/mol. The highest BCUT2D eigenvalue weighted by Crippen LogP contribution is 2.53. The predicted octanol–water partition coefficient (Wildman–Crippen LogP) is 1.60. The SMILES string of the molecule is CC(C)(C)OC(=O)C(C(N)=O)=C1SC(C(=O)Cl)S1. The summed E-state index contributed by atoms with van der Waals surface area (Å²) in [5.74, 6) is -1.66. The van der Waals surface area contributed by atoms with E-state index in [1.807, 2.05) is 0 Å². The molecule has 0 aromatic carbocycles. The van der Waals surface area contributed by atoms with Crippen LogP contribution in [0.2, 0.25) is 0 Å². The summed E-state index contributed by atoms with van der Waals surface area (Å²) in [6.45, 7) is 5.04. The van der Waals surface area contributed by atoms with Crippen LogP contribution in [0.5, 0.6) is 0 Å². The second-order valence-corrected chi connectivity index (χ2v) is 7.56. The van der Waals surface area contributed by atoms with Crippen LogP contribution in [0.3, 0.4) is 0 Å². The first kappa shape index (κ1) is 15.4. The van der Waals surface area contributed by atoms with E-state index in [0.29, 0.717) is 4.24 Å². The van der Waals surface area contributed by atoms with Gasteiger partial charge in [0.05, 0.1) is 4.24 Å². The molecule has 100 valence electrons. The van der Waals surface area contributed by atoms with Crippen molar-refractivity contribution in [3.05, 3.63) is 9.81 Å². The Bertz CT molecular complexity index is 434. The lowest BCUT2D eigenvalue weighted by molar-refractivity contribution is -0.150. The molecule has 1 rings (SSSR count). The fourth-order valence-corrected chi connectivity index (χ4v) is 3.36. The van der Waals surface area contributed by atoms with Gasteiger partial charge in [0.25, 0.3) is 5.91 Å². The fraction of sp³-hybridized carbons (Fsp3) is 0.500. The number of rotatable bonds is 3.